The first-order valence-electron chi connectivity index (χ1n) is 5.98. The number of carbonyl (C=O) groups is 1. The Balaban J connectivity index is 2.16. The molecule has 1 aromatic heterocycles. The Morgan fingerprint density at radius 3 is 2.68 bits per heavy atom. The van der Waals surface area contributed by atoms with Gasteiger partial charge in [-0.25, -0.2) is 14.2 Å². The van der Waals surface area contributed by atoms with Gasteiger partial charge in [0.05, 0.1) is 11.6 Å². The van der Waals surface area contributed by atoms with E-state index in [4.69, 9.17) is 4.74 Å². The van der Waals surface area contributed by atoms with Gasteiger partial charge >= 0.3 is 5.97 Å². The van der Waals surface area contributed by atoms with E-state index in [0.29, 0.717) is 18.7 Å². The summed E-state index contributed by atoms with van der Waals surface area (Å²) in [5.41, 5.74) is 1.34. The van der Waals surface area contributed by atoms with Crippen molar-refractivity contribution in [2.75, 3.05) is 6.61 Å². The van der Waals surface area contributed by atoms with E-state index in [-0.39, 0.29) is 11.8 Å². The number of ether oxygens (including phenoxy) is 1. The predicted molar refractivity (Wildman–Crippen MR) is 72.0 cm³/mol. The highest BCUT2D eigenvalue weighted by Crippen LogP contribution is 2.21. The minimum atomic E-state index is -0.387. The van der Waals surface area contributed by atoms with Crippen LogP contribution < -0.4 is 0 Å². The summed E-state index contributed by atoms with van der Waals surface area (Å²) < 4.78 is 17.8. The summed E-state index contributed by atoms with van der Waals surface area (Å²) >= 11 is 1.46. The van der Waals surface area contributed by atoms with E-state index in [1.807, 2.05) is 6.92 Å². The minimum Gasteiger partial charge on any atom is -0.461 e. The van der Waals surface area contributed by atoms with Crippen LogP contribution in [0.3, 0.4) is 0 Å². The van der Waals surface area contributed by atoms with Crippen LogP contribution in [0, 0.1) is 12.7 Å². The van der Waals surface area contributed by atoms with Crippen molar-refractivity contribution in [2.24, 2.45) is 0 Å². The van der Waals surface area contributed by atoms with Crippen LogP contribution in [0.15, 0.2) is 24.3 Å². The number of halogens is 1. The van der Waals surface area contributed by atoms with Gasteiger partial charge in [-0.1, -0.05) is 12.1 Å². The molecule has 0 amide bonds. The number of aryl methyl sites for hydroxylation is 1. The molecule has 1 heterocycles. The third kappa shape index (κ3) is 3.38. The average molecular weight is 279 g/mol. The Morgan fingerprint density at radius 1 is 1.37 bits per heavy atom. The minimum absolute atomic E-state index is 0.258. The topological polar surface area (TPSA) is 39.2 Å². The molecule has 0 aliphatic heterocycles. The van der Waals surface area contributed by atoms with Crippen LogP contribution in [0.1, 0.15) is 32.9 Å². The maximum absolute atomic E-state index is 12.8. The number of hydrogen-bond acceptors (Lipinski definition) is 4. The van der Waals surface area contributed by atoms with E-state index in [1.54, 1.807) is 19.1 Å². The van der Waals surface area contributed by atoms with Crippen molar-refractivity contribution >= 4 is 17.3 Å². The van der Waals surface area contributed by atoms with E-state index in [0.717, 1.165) is 15.4 Å². The van der Waals surface area contributed by atoms with E-state index < -0.39 is 0 Å². The lowest BCUT2D eigenvalue weighted by Crippen LogP contribution is -2.06. The number of thiazole rings is 1. The smallest absolute Gasteiger partial charge is 0.358 e. The van der Waals surface area contributed by atoms with Crippen molar-refractivity contribution < 1.29 is 13.9 Å². The first-order valence-corrected chi connectivity index (χ1v) is 6.79. The fraction of sp³-hybridized carbons (Fsp3) is 0.286. The van der Waals surface area contributed by atoms with Gasteiger partial charge in [-0.3, -0.25) is 0 Å². The fourth-order valence-electron chi connectivity index (χ4n) is 1.69. The Labute approximate surface area is 115 Å². The highest BCUT2D eigenvalue weighted by Gasteiger charge is 2.16. The molecule has 0 aliphatic rings. The van der Waals surface area contributed by atoms with Crippen molar-refractivity contribution in [3.8, 4) is 0 Å². The zero-order chi connectivity index (χ0) is 13.8. The van der Waals surface area contributed by atoms with Crippen molar-refractivity contribution in [2.45, 2.75) is 20.3 Å². The monoisotopic (exact) mass is 279 g/mol. The number of rotatable bonds is 4. The molecule has 0 atom stereocenters. The second-order valence-corrected chi connectivity index (χ2v) is 5.32. The third-order valence-electron chi connectivity index (χ3n) is 2.58. The number of esters is 1. The molecule has 0 fully saturated rings. The molecule has 19 heavy (non-hydrogen) atoms. The van der Waals surface area contributed by atoms with Gasteiger partial charge in [0.1, 0.15) is 5.82 Å². The molecule has 0 unspecified atom stereocenters. The summed E-state index contributed by atoms with van der Waals surface area (Å²) in [6.45, 7) is 3.94. The SMILES string of the molecule is CCOC(=O)c1nc(Cc2ccc(F)cc2)sc1C. The lowest BCUT2D eigenvalue weighted by Gasteiger charge is -1.98. The summed E-state index contributed by atoms with van der Waals surface area (Å²) in [6, 6.07) is 6.27. The van der Waals surface area contributed by atoms with E-state index in [2.05, 4.69) is 4.98 Å². The molecule has 0 saturated carbocycles. The summed E-state index contributed by atoms with van der Waals surface area (Å²) in [7, 11) is 0. The second kappa shape index (κ2) is 5.93. The number of nitrogens with zero attached hydrogens (tertiary/aromatic N) is 1. The van der Waals surface area contributed by atoms with Gasteiger partial charge in [0.2, 0.25) is 0 Å². The molecule has 3 nitrogen and oxygen atoms in total. The van der Waals surface area contributed by atoms with Gasteiger partial charge in [0.15, 0.2) is 5.69 Å². The number of carbonyl (C=O) groups excluding carboxylic acids is 1. The maximum Gasteiger partial charge on any atom is 0.358 e. The van der Waals surface area contributed by atoms with Crippen LogP contribution in [0.5, 0.6) is 0 Å². The molecule has 100 valence electrons. The number of hydrogen-bond donors (Lipinski definition) is 0. The van der Waals surface area contributed by atoms with E-state index in [1.165, 1.54) is 23.5 Å². The molecule has 2 rings (SSSR count). The fourth-order valence-corrected chi connectivity index (χ4v) is 2.65. The summed E-state index contributed by atoms with van der Waals surface area (Å²) in [6.07, 6.45) is 0.588. The number of aromatic nitrogens is 1. The zero-order valence-corrected chi connectivity index (χ0v) is 11.6. The standard InChI is InChI=1S/C14H14FNO2S/c1-3-18-14(17)13-9(2)19-12(16-13)8-10-4-6-11(15)7-5-10/h4-7H,3,8H2,1-2H3. The Kier molecular flexibility index (Phi) is 4.27. The third-order valence-corrected chi connectivity index (χ3v) is 3.55. The Morgan fingerprint density at radius 2 is 2.05 bits per heavy atom. The molecule has 0 N–H and O–H groups in total. The van der Waals surface area contributed by atoms with Gasteiger partial charge in [-0.05, 0) is 31.5 Å². The lowest BCUT2D eigenvalue weighted by atomic mass is 10.1. The molecule has 0 spiro atoms. The van der Waals surface area contributed by atoms with Crippen molar-refractivity contribution in [3.63, 3.8) is 0 Å². The molecule has 0 bridgehead atoms. The van der Waals surface area contributed by atoms with Crippen LogP contribution in [0.2, 0.25) is 0 Å². The van der Waals surface area contributed by atoms with Gasteiger partial charge in [-0.15, -0.1) is 11.3 Å². The normalized spacial score (nSPS) is 10.5. The Bertz CT molecular complexity index is 578. The van der Waals surface area contributed by atoms with Crippen LogP contribution in [0.25, 0.3) is 0 Å². The molecular formula is C14H14FNO2S. The van der Waals surface area contributed by atoms with Crippen molar-refractivity contribution in [3.05, 3.63) is 51.2 Å². The molecule has 0 aliphatic carbocycles. The molecule has 0 saturated heterocycles. The highest BCUT2D eigenvalue weighted by atomic mass is 32.1. The van der Waals surface area contributed by atoms with Gasteiger partial charge < -0.3 is 4.74 Å². The Hall–Kier alpha value is -1.75. The molecular weight excluding hydrogens is 265 g/mol. The van der Waals surface area contributed by atoms with E-state index in [9.17, 15) is 9.18 Å². The highest BCUT2D eigenvalue weighted by molar-refractivity contribution is 7.11. The second-order valence-electron chi connectivity index (χ2n) is 4.04. The van der Waals surface area contributed by atoms with Crippen molar-refractivity contribution in [1.82, 2.24) is 4.98 Å². The number of benzene rings is 1. The van der Waals surface area contributed by atoms with Crippen LogP contribution in [-0.4, -0.2) is 17.6 Å². The first kappa shape index (κ1) is 13.7. The first-order chi connectivity index (χ1) is 9.10. The summed E-state index contributed by atoms with van der Waals surface area (Å²) in [5.74, 6) is -0.645. The van der Waals surface area contributed by atoms with Gasteiger partial charge in [-0.2, -0.15) is 0 Å². The summed E-state index contributed by atoms with van der Waals surface area (Å²) in [4.78, 5) is 16.8. The van der Waals surface area contributed by atoms with Crippen LogP contribution >= 0.6 is 11.3 Å². The average Bonchev–Trinajstić information content (AvgIpc) is 2.74. The van der Waals surface area contributed by atoms with Crippen molar-refractivity contribution in [1.29, 1.82) is 0 Å². The van der Waals surface area contributed by atoms with E-state index >= 15 is 0 Å². The quantitative estimate of drug-likeness (QED) is 0.806. The largest absolute Gasteiger partial charge is 0.461 e. The van der Waals surface area contributed by atoms with Gasteiger partial charge in [0, 0.05) is 11.3 Å². The lowest BCUT2D eigenvalue weighted by molar-refractivity contribution is 0.0519. The molecule has 0 radical (unpaired) electrons. The van der Waals surface area contributed by atoms with Crippen LogP contribution in [-0.2, 0) is 11.2 Å². The molecule has 5 heteroatoms. The van der Waals surface area contributed by atoms with Crippen LogP contribution in [0.4, 0.5) is 4.39 Å². The zero-order valence-electron chi connectivity index (χ0n) is 10.8. The van der Waals surface area contributed by atoms with Gasteiger partial charge in [0.25, 0.3) is 0 Å². The summed E-state index contributed by atoms with van der Waals surface area (Å²) in [5, 5.41) is 0.826. The molecule has 1 aromatic carbocycles. The molecule has 2 aromatic rings. The predicted octanol–water partition coefficient (Wildman–Crippen LogP) is 3.36. The maximum atomic E-state index is 12.8.